The first-order valence-corrected chi connectivity index (χ1v) is 8.41. The van der Waals surface area contributed by atoms with Crippen molar-refractivity contribution >= 4 is 6.03 Å². The number of hydrogen-bond acceptors (Lipinski definition) is 3. The summed E-state index contributed by atoms with van der Waals surface area (Å²) in [4.78, 5) is 14.3. The van der Waals surface area contributed by atoms with Gasteiger partial charge in [0.05, 0.1) is 18.3 Å². The second-order valence-corrected chi connectivity index (χ2v) is 6.72. The zero-order valence-corrected chi connectivity index (χ0v) is 14.8. The molecule has 0 fully saturated rings. The van der Waals surface area contributed by atoms with Crippen LogP contribution in [0, 0.1) is 5.82 Å². The quantitative estimate of drug-likeness (QED) is 0.873. The van der Waals surface area contributed by atoms with E-state index in [-0.39, 0.29) is 23.9 Å². The fraction of sp³-hybridized carbons (Fsp3) is 0.444. The van der Waals surface area contributed by atoms with E-state index in [1.807, 2.05) is 32.2 Å². The Kier molecular flexibility index (Phi) is 5.03. The minimum atomic E-state index is -0.267. The molecule has 2 amide bonds. The average molecular weight is 345 g/mol. The standard InChI is InChI=1S/C18H24FN5O/c1-23(2)17(13-9-21-24(3)11-13)10-20-18(25)22-16-7-5-12-4-6-14(19)8-15(12)16/h4,6,8-9,11,16-17H,5,7,10H2,1-3H3,(H2,20,22,25)/t16-,17-/m0/s1. The lowest BCUT2D eigenvalue weighted by atomic mass is 10.1. The molecule has 0 saturated carbocycles. The SMILES string of the molecule is CN(C)[C@@H](CNC(=O)N[C@H]1CCc2ccc(F)cc21)c1cnn(C)c1. The largest absolute Gasteiger partial charge is 0.336 e. The Morgan fingerprint density at radius 3 is 2.96 bits per heavy atom. The number of fused-ring (bicyclic) bond motifs is 1. The van der Waals surface area contributed by atoms with Crippen LogP contribution in [0.1, 0.15) is 35.2 Å². The number of aryl methyl sites for hydroxylation is 2. The number of amides is 2. The Bertz CT molecular complexity index is 758. The molecule has 0 bridgehead atoms. The predicted octanol–water partition coefficient (Wildman–Crippen LogP) is 2.15. The maximum absolute atomic E-state index is 13.5. The summed E-state index contributed by atoms with van der Waals surface area (Å²) in [7, 11) is 5.80. The van der Waals surface area contributed by atoms with Gasteiger partial charge in [-0.2, -0.15) is 5.10 Å². The molecule has 3 rings (SSSR count). The number of urea groups is 1. The molecule has 0 saturated heterocycles. The fourth-order valence-corrected chi connectivity index (χ4v) is 3.33. The minimum absolute atomic E-state index is 0.0350. The third kappa shape index (κ3) is 3.99. The van der Waals surface area contributed by atoms with Crippen LogP contribution >= 0.6 is 0 Å². The van der Waals surface area contributed by atoms with E-state index < -0.39 is 0 Å². The molecule has 2 atom stereocenters. The van der Waals surface area contributed by atoms with Gasteiger partial charge in [-0.1, -0.05) is 6.07 Å². The molecule has 0 aliphatic heterocycles. The van der Waals surface area contributed by atoms with E-state index in [1.165, 1.54) is 12.1 Å². The van der Waals surface area contributed by atoms with E-state index in [1.54, 1.807) is 16.9 Å². The number of nitrogens with zero attached hydrogens (tertiary/aromatic N) is 3. The Morgan fingerprint density at radius 2 is 2.28 bits per heavy atom. The predicted molar refractivity (Wildman–Crippen MR) is 93.6 cm³/mol. The van der Waals surface area contributed by atoms with E-state index >= 15 is 0 Å². The van der Waals surface area contributed by atoms with Gasteiger partial charge < -0.3 is 15.5 Å². The smallest absolute Gasteiger partial charge is 0.315 e. The van der Waals surface area contributed by atoms with E-state index in [2.05, 4.69) is 15.7 Å². The van der Waals surface area contributed by atoms with Crippen molar-refractivity contribution in [2.75, 3.05) is 20.6 Å². The van der Waals surface area contributed by atoms with E-state index in [0.29, 0.717) is 6.54 Å². The number of likely N-dealkylation sites (N-methyl/N-ethyl adjacent to an activating group) is 1. The zero-order chi connectivity index (χ0) is 18.0. The van der Waals surface area contributed by atoms with Crippen LogP contribution in [0.4, 0.5) is 9.18 Å². The first-order chi connectivity index (χ1) is 11.9. The number of halogens is 1. The fourth-order valence-electron chi connectivity index (χ4n) is 3.33. The van der Waals surface area contributed by atoms with Gasteiger partial charge in [-0.25, -0.2) is 9.18 Å². The molecule has 1 aliphatic rings. The van der Waals surface area contributed by atoms with E-state index in [4.69, 9.17) is 0 Å². The Balaban J connectivity index is 1.59. The molecule has 134 valence electrons. The van der Waals surface area contributed by atoms with Crippen LogP contribution in [0.15, 0.2) is 30.6 Å². The van der Waals surface area contributed by atoms with Gasteiger partial charge in [-0.15, -0.1) is 0 Å². The Hall–Kier alpha value is -2.41. The molecule has 2 N–H and O–H groups in total. The normalized spacial score (nSPS) is 17.4. The first kappa shape index (κ1) is 17.4. The van der Waals surface area contributed by atoms with Crippen molar-refractivity contribution in [3.05, 3.63) is 53.1 Å². The molecule has 1 aromatic carbocycles. The van der Waals surface area contributed by atoms with Crippen molar-refractivity contribution in [3.8, 4) is 0 Å². The van der Waals surface area contributed by atoms with Gasteiger partial charge in [0.15, 0.2) is 0 Å². The van der Waals surface area contributed by atoms with Crippen molar-refractivity contribution < 1.29 is 9.18 Å². The van der Waals surface area contributed by atoms with E-state index in [0.717, 1.165) is 29.5 Å². The van der Waals surface area contributed by atoms with Crippen molar-refractivity contribution in [2.45, 2.75) is 24.9 Å². The summed E-state index contributed by atoms with van der Waals surface area (Å²) in [5.41, 5.74) is 3.03. The topological polar surface area (TPSA) is 62.2 Å². The van der Waals surface area contributed by atoms with Crippen LogP contribution in [0.25, 0.3) is 0 Å². The van der Waals surface area contributed by atoms with Crippen molar-refractivity contribution in [3.63, 3.8) is 0 Å². The summed E-state index contributed by atoms with van der Waals surface area (Å²) in [6.45, 7) is 0.466. The second-order valence-electron chi connectivity index (χ2n) is 6.72. The van der Waals surface area contributed by atoms with Crippen LogP contribution in [-0.4, -0.2) is 41.4 Å². The zero-order valence-electron chi connectivity index (χ0n) is 14.8. The van der Waals surface area contributed by atoms with Crippen LogP contribution in [0.2, 0.25) is 0 Å². The Labute approximate surface area is 147 Å². The summed E-state index contributed by atoms with van der Waals surface area (Å²) in [6.07, 6.45) is 5.41. The molecule has 7 heteroatoms. The van der Waals surface area contributed by atoms with Gasteiger partial charge in [-0.3, -0.25) is 4.68 Å². The number of benzene rings is 1. The minimum Gasteiger partial charge on any atom is -0.336 e. The monoisotopic (exact) mass is 345 g/mol. The summed E-state index contributed by atoms with van der Waals surface area (Å²) in [5.74, 6) is -0.267. The maximum Gasteiger partial charge on any atom is 0.315 e. The molecule has 2 aromatic rings. The van der Waals surface area contributed by atoms with Crippen LogP contribution in [0.5, 0.6) is 0 Å². The molecule has 1 aliphatic carbocycles. The molecule has 1 heterocycles. The third-order valence-electron chi connectivity index (χ3n) is 4.68. The molecular weight excluding hydrogens is 321 g/mol. The molecule has 25 heavy (non-hydrogen) atoms. The van der Waals surface area contributed by atoms with Crippen LogP contribution in [0.3, 0.4) is 0 Å². The highest BCUT2D eigenvalue weighted by molar-refractivity contribution is 5.74. The lowest BCUT2D eigenvalue weighted by Gasteiger charge is -2.24. The molecule has 0 radical (unpaired) electrons. The lowest BCUT2D eigenvalue weighted by molar-refractivity contribution is 0.229. The highest BCUT2D eigenvalue weighted by atomic mass is 19.1. The number of hydrogen-bond donors (Lipinski definition) is 2. The molecule has 0 spiro atoms. The number of rotatable bonds is 5. The number of carbonyl (C=O) groups is 1. The van der Waals surface area contributed by atoms with Crippen molar-refractivity contribution in [1.82, 2.24) is 25.3 Å². The number of nitrogens with one attached hydrogen (secondary N) is 2. The van der Waals surface area contributed by atoms with Gasteiger partial charge >= 0.3 is 6.03 Å². The van der Waals surface area contributed by atoms with E-state index in [9.17, 15) is 9.18 Å². The third-order valence-corrected chi connectivity index (χ3v) is 4.68. The average Bonchev–Trinajstić information content (AvgIpc) is 3.14. The summed E-state index contributed by atoms with van der Waals surface area (Å²) >= 11 is 0. The van der Waals surface area contributed by atoms with Gasteiger partial charge in [0.1, 0.15) is 5.82 Å². The molecular formula is C18H24FN5O. The number of aromatic nitrogens is 2. The van der Waals surface area contributed by atoms with Crippen LogP contribution in [-0.2, 0) is 13.5 Å². The summed E-state index contributed by atoms with van der Waals surface area (Å²) < 4.78 is 15.2. The van der Waals surface area contributed by atoms with Gasteiger partial charge in [0.25, 0.3) is 0 Å². The molecule has 0 unspecified atom stereocenters. The van der Waals surface area contributed by atoms with Crippen LogP contribution < -0.4 is 10.6 Å². The van der Waals surface area contributed by atoms with Crippen molar-refractivity contribution in [2.24, 2.45) is 7.05 Å². The van der Waals surface area contributed by atoms with Gasteiger partial charge in [-0.05, 0) is 50.2 Å². The highest BCUT2D eigenvalue weighted by Crippen LogP contribution is 2.31. The molecule has 1 aromatic heterocycles. The lowest BCUT2D eigenvalue weighted by Crippen LogP contribution is -2.41. The van der Waals surface area contributed by atoms with Gasteiger partial charge in [0, 0.05) is 25.4 Å². The highest BCUT2D eigenvalue weighted by Gasteiger charge is 2.25. The number of carbonyl (C=O) groups excluding carboxylic acids is 1. The molecule has 6 nitrogen and oxygen atoms in total. The maximum atomic E-state index is 13.5. The summed E-state index contributed by atoms with van der Waals surface area (Å²) in [5, 5.41) is 10.1. The first-order valence-electron chi connectivity index (χ1n) is 8.41. The van der Waals surface area contributed by atoms with Gasteiger partial charge in [0.2, 0.25) is 0 Å². The summed E-state index contributed by atoms with van der Waals surface area (Å²) in [6, 6.07) is 4.45. The second kappa shape index (κ2) is 7.23. The van der Waals surface area contributed by atoms with Crippen molar-refractivity contribution in [1.29, 1.82) is 0 Å². The Morgan fingerprint density at radius 1 is 1.48 bits per heavy atom.